The van der Waals surface area contributed by atoms with E-state index in [0.717, 1.165) is 19.3 Å². The standard InChI is InChI=1S/C11H17NO2/c1-3-12-10(13)8-5-4-7(2)6-9(8)11(12)14/h7-9H,3-6H2,1-2H3/t7-,8+,9-/m0/s1. The number of carbonyl (C=O) groups is 2. The molecule has 14 heavy (non-hydrogen) atoms. The summed E-state index contributed by atoms with van der Waals surface area (Å²) in [6, 6.07) is 0. The molecule has 3 atom stereocenters. The van der Waals surface area contributed by atoms with Gasteiger partial charge in [0.05, 0.1) is 11.8 Å². The average Bonchev–Trinajstić information content (AvgIpc) is 2.39. The number of nitrogens with zero attached hydrogens (tertiary/aromatic N) is 1. The first kappa shape index (κ1) is 9.69. The van der Waals surface area contributed by atoms with Crippen LogP contribution in [0.25, 0.3) is 0 Å². The molecule has 0 aromatic carbocycles. The zero-order valence-corrected chi connectivity index (χ0v) is 8.82. The van der Waals surface area contributed by atoms with Gasteiger partial charge < -0.3 is 0 Å². The molecule has 2 fully saturated rings. The lowest BCUT2D eigenvalue weighted by Gasteiger charge is -2.25. The summed E-state index contributed by atoms with van der Waals surface area (Å²) >= 11 is 0. The maximum Gasteiger partial charge on any atom is 0.233 e. The summed E-state index contributed by atoms with van der Waals surface area (Å²) in [4.78, 5) is 25.1. The molecule has 2 amide bonds. The Labute approximate surface area is 84.5 Å². The Balaban J connectivity index is 2.21. The van der Waals surface area contributed by atoms with Crippen LogP contribution in [0.15, 0.2) is 0 Å². The fourth-order valence-corrected chi connectivity index (χ4v) is 2.77. The molecule has 1 heterocycles. The highest BCUT2D eigenvalue weighted by atomic mass is 16.2. The Kier molecular flexibility index (Phi) is 2.33. The lowest BCUT2D eigenvalue weighted by Crippen LogP contribution is -2.30. The molecule has 0 N–H and O–H groups in total. The van der Waals surface area contributed by atoms with E-state index in [1.54, 1.807) is 0 Å². The van der Waals surface area contributed by atoms with Crippen molar-refractivity contribution in [1.29, 1.82) is 0 Å². The number of imide groups is 1. The van der Waals surface area contributed by atoms with E-state index < -0.39 is 0 Å². The Hall–Kier alpha value is -0.860. The summed E-state index contributed by atoms with van der Waals surface area (Å²) in [5.41, 5.74) is 0. The van der Waals surface area contributed by atoms with E-state index in [4.69, 9.17) is 0 Å². The minimum atomic E-state index is 0.00574. The van der Waals surface area contributed by atoms with Crippen LogP contribution in [0.2, 0.25) is 0 Å². The Morgan fingerprint density at radius 1 is 1.21 bits per heavy atom. The maximum atomic E-state index is 11.8. The first-order valence-corrected chi connectivity index (χ1v) is 5.50. The summed E-state index contributed by atoms with van der Waals surface area (Å²) in [6.45, 7) is 4.58. The van der Waals surface area contributed by atoms with Crippen molar-refractivity contribution in [3.63, 3.8) is 0 Å². The third-order valence-corrected chi connectivity index (χ3v) is 3.60. The van der Waals surface area contributed by atoms with Crippen molar-refractivity contribution < 1.29 is 9.59 Å². The second-order valence-electron chi connectivity index (χ2n) is 4.55. The fraction of sp³-hybridized carbons (Fsp3) is 0.818. The highest BCUT2D eigenvalue weighted by Crippen LogP contribution is 2.40. The van der Waals surface area contributed by atoms with Gasteiger partial charge in [0.2, 0.25) is 11.8 Å². The third kappa shape index (κ3) is 1.26. The molecule has 78 valence electrons. The van der Waals surface area contributed by atoms with E-state index in [1.807, 2.05) is 6.92 Å². The summed E-state index contributed by atoms with van der Waals surface area (Å²) < 4.78 is 0. The molecule has 1 aliphatic heterocycles. The van der Waals surface area contributed by atoms with Gasteiger partial charge in [-0.2, -0.15) is 0 Å². The fourth-order valence-electron chi connectivity index (χ4n) is 2.77. The van der Waals surface area contributed by atoms with Crippen LogP contribution in [0, 0.1) is 17.8 Å². The largest absolute Gasteiger partial charge is 0.282 e. The third-order valence-electron chi connectivity index (χ3n) is 3.60. The van der Waals surface area contributed by atoms with Crippen LogP contribution in [0.4, 0.5) is 0 Å². The molecule has 1 saturated carbocycles. The number of fused-ring (bicyclic) bond motifs is 1. The van der Waals surface area contributed by atoms with Crippen LogP contribution in [-0.4, -0.2) is 23.3 Å². The highest BCUT2D eigenvalue weighted by Gasteiger charge is 2.48. The van der Waals surface area contributed by atoms with Crippen LogP contribution >= 0.6 is 0 Å². The molecule has 1 saturated heterocycles. The molecule has 3 nitrogen and oxygen atoms in total. The maximum absolute atomic E-state index is 11.8. The van der Waals surface area contributed by atoms with Gasteiger partial charge in [-0.05, 0) is 32.1 Å². The van der Waals surface area contributed by atoms with Gasteiger partial charge in [0.15, 0.2) is 0 Å². The van der Waals surface area contributed by atoms with E-state index in [9.17, 15) is 9.59 Å². The molecule has 2 rings (SSSR count). The molecule has 2 aliphatic rings. The number of carbonyl (C=O) groups excluding carboxylic acids is 2. The molecule has 0 radical (unpaired) electrons. The quantitative estimate of drug-likeness (QED) is 0.593. The van der Waals surface area contributed by atoms with Crippen LogP contribution in [-0.2, 0) is 9.59 Å². The van der Waals surface area contributed by atoms with Crippen LogP contribution < -0.4 is 0 Å². The summed E-state index contributed by atoms with van der Waals surface area (Å²) in [5, 5.41) is 0. The lowest BCUT2D eigenvalue weighted by atomic mass is 9.76. The summed E-state index contributed by atoms with van der Waals surface area (Å²) in [5.74, 6) is 0.776. The molecule has 0 aromatic rings. The molecule has 1 aliphatic carbocycles. The average molecular weight is 195 g/mol. The van der Waals surface area contributed by atoms with Gasteiger partial charge in [-0.3, -0.25) is 14.5 Å². The van der Waals surface area contributed by atoms with Crippen LogP contribution in [0.5, 0.6) is 0 Å². The van der Waals surface area contributed by atoms with Gasteiger partial charge >= 0.3 is 0 Å². The molecular weight excluding hydrogens is 178 g/mol. The molecule has 0 bridgehead atoms. The zero-order valence-electron chi connectivity index (χ0n) is 8.82. The number of hydrogen-bond acceptors (Lipinski definition) is 2. The lowest BCUT2D eigenvalue weighted by molar-refractivity contribution is -0.139. The number of likely N-dealkylation sites (tertiary alicyclic amines) is 1. The van der Waals surface area contributed by atoms with E-state index in [2.05, 4.69) is 6.92 Å². The zero-order chi connectivity index (χ0) is 10.3. The van der Waals surface area contributed by atoms with E-state index >= 15 is 0 Å². The molecule has 0 spiro atoms. The minimum absolute atomic E-state index is 0.00574. The summed E-state index contributed by atoms with van der Waals surface area (Å²) in [6.07, 6.45) is 2.91. The Morgan fingerprint density at radius 3 is 2.50 bits per heavy atom. The Morgan fingerprint density at radius 2 is 1.86 bits per heavy atom. The molecular formula is C11H17NO2. The number of rotatable bonds is 1. The normalized spacial score (nSPS) is 37.6. The van der Waals surface area contributed by atoms with Crippen LogP contribution in [0.1, 0.15) is 33.1 Å². The minimum Gasteiger partial charge on any atom is -0.282 e. The topological polar surface area (TPSA) is 37.4 Å². The van der Waals surface area contributed by atoms with Crippen molar-refractivity contribution >= 4 is 11.8 Å². The molecule has 0 aromatic heterocycles. The van der Waals surface area contributed by atoms with E-state index in [-0.39, 0.29) is 23.7 Å². The monoisotopic (exact) mass is 195 g/mol. The van der Waals surface area contributed by atoms with E-state index in [0.29, 0.717) is 12.5 Å². The Bertz CT molecular complexity index is 274. The van der Waals surface area contributed by atoms with Crippen molar-refractivity contribution in [3.8, 4) is 0 Å². The van der Waals surface area contributed by atoms with Gasteiger partial charge in [0.25, 0.3) is 0 Å². The predicted octanol–water partition coefficient (Wildman–Crippen LogP) is 1.43. The first-order valence-electron chi connectivity index (χ1n) is 5.50. The predicted molar refractivity (Wildman–Crippen MR) is 52.4 cm³/mol. The molecule has 0 unspecified atom stereocenters. The van der Waals surface area contributed by atoms with Gasteiger partial charge in [0, 0.05) is 6.54 Å². The second-order valence-corrected chi connectivity index (χ2v) is 4.55. The first-order chi connectivity index (χ1) is 6.65. The smallest absolute Gasteiger partial charge is 0.233 e. The van der Waals surface area contributed by atoms with Gasteiger partial charge in [-0.25, -0.2) is 0 Å². The second kappa shape index (κ2) is 3.37. The summed E-state index contributed by atoms with van der Waals surface area (Å²) in [7, 11) is 0. The number of hydrogen-bond donors (Lipinski definition) is 0. The van der Waals surface area contributed by atoms with Crippen molar-refractivity contribution in [2.45, 2.75) is 33.1 Å². The van der Waals surface area contributed by atoms with Crippen molar-refractivity contribution in [3.05, 3.63) is 0 Å². The number of amides is 2. The highest BCUT2D eigenvalue weighted by molar-refractivity contribution is 6.05. The van der Waals surface area contributed by atoms with Gasteiger partial charge in [-0.15, -0.1) is 0 Å². The SMILES string of the molecule is CCN1C(=O)[C@H]2C[C@@H](C)CC[C@H]2C1=O. The van der Waals surface area contributed by atoms with Crippen LogP contribution in [0.3, 0.4) is 0 Å². The van der Waals surface area contributed by atoms with E-state index in [1.165, 1.54) is 4.90 Å². The van der Waals surface area contributed by atoms with Crippen molar-refractivity contribution in [1.82, 2.24) is 4.90 Å². The molecule has 3 heteroatoms. The van der Waals surface area contributed by atoms with Gasteiger partial charge in [0.1, 0.15) is 0 Å². The van der Waals surface area contributed by atoms with Crippen molar-refractivity contribution in [2.75, 3.05) is 6.54 Å². The van der Waals surface area contributed by atoms with Gasteiger partial charge in [-0.1, -0.05) is 6.92 Å². The van der Waals surface area contributed by atoms with Crippen molar-refractivity contribution in [2.24, 2.45) is 17.8 Å².